The summed E-state index contributed by atoms with van der Waals surface area (Å²) in [6.07, 6.45) is 2.98. The van der Waals surface area contributed by atoms with Gasteiger partial charge in [0.25, 0.3) is 5.92 Å². The van der Waals surface area contributed by atoms with Crippen LogP contribution in [0.2, 0.25) is 0 Å². The first-order valence-corrected chi connectivity index (χ1v) is 7.59. The van der Waals surface area contributed by atoms with Crippen molar-refractivity contribution in [3.63, 3.8) is 0 Å². The smallest absolute Gasteiger partial charge is 0.250 e. The molecular weight excluding hydrogens is 248 g/mol. The molecule has 0 aromatic heterocycles. The second kappa shape index (κ2) is 5.65. The molecule has 0 bridgehead atoms. The predicted octanol–water partition coefficient (Wildman–Crippen LogP) is 3.84. The highest BCUT2D eigenvalue weighted by Gasteiger charge is 2.41. The van der Waals surface area contributed by atoms with Gasteiger partial charge in [0.2, 0.25) is 0 Å². The fourth-order valence-corrected chi connectivity index (χ4v) is 3.26. The van der Waals surface area contributed by atoms with Gasteiger partial charge in [0, 0.05) is 32.0 Å². The van der Waals surface area contributed by atoms with Gasteiger partial charge in [-0.25, -0.2) is 8.78 Å². The molecule has 19 heavy (non-hydrogen) atoms. The minimum atomic E-state index is -2.52. The van der Waals surface area contributed by atoms with E-state index in [2.05, 4.69) is 25.7 Å². The molecule has 1 saturated heterocycles. The predicted molar refractivity (Wildman–Crippen MR) is 72.6 cm³/mol. The van der Waals surface area contributed by atoms with Crippen molar-refractivity contribution in [3.05, 3.63) is 0 Å². The first kappa shape index (κ1) is 15.2. The number of hydrogen-bond donors (Lipinski definition) is 0. The molecule has 2 fully saturated rings. The molecule has 0 spiro atoms. The molecule has 0 amide bonds. The molecule has 0 aromatic carbocycles. The van der Waals surface area contributed by atoms with Crippen LogP contribution in [-0.4, -0.2) is 41.7 Å². The molecule has 0 unspecified atom stereocenters. The van der Waals surface area contributed by atoms with Gasteiger partial charge >= 0.3 is 0 Å². The topological polar surface area (TPSA) is 12.5 Å². The van der Waals surface area contributed by atoms with Crippen LogP contribution < -0.4 is 0 Å². The van der Waals surface area contributed by atoms with E-state index in [0.29, 0.717) is 12.5 Å². The third-order valence-corrected chi connectivity index (χ3v) is 4.63. The maximum absolute atomic E-state index is 13.4. The monoisotopic (exact) mass is 275 g/mol. The maximum Gasteiger partial charge on any atom is 0.250 e. The van der Waals surface area contributed by atoms with Crippen molar-refractivity contribution in [2.75, 3.05) is 13.1 Å². The first-order chi connectivity index (χ1) is 8.80. The Morgan fingerprint density at radius 1 is 1.16 bits per heavy atom. The number of nitrogens with zero attached hydrogens (tertiary/aromatic N) is 1. The summed E-state index contributed by atoms with van der Waals surface area (Å²) in [5, 5.41) is 0. The lowest BCUT2D eigenvalue weighted by Gasteiger charge is -2.44. The molecular formula is C15H27F2NO. The Kier molecular flexibility index (Phi) is 4.51. The normalized spacial score (nSPS) is 31.6. The summed E-state index contributed by atoms with van der Waals surface area (Å²) >= 11 is 0. The quantitative estimate of drug-likeness (QED) is 0.776. The van der Waals surface area contributed by atoms with Crippen LogP contribution >= 0.6 is 0 Å². The van der Waals surface area contributed by atoms with Gasteiger partial charge in [-0.3, -0.25) is 0 Å². The first-order valence-electron chi connectivity index (χ1n) is 7.59. The number of rotatable bonds is 3. The Morgan fingerprint density at radius 3 is 2.32 bits per heavy atom. The van der Waals surface area contributed by atoms with Crippen LogP contribution in [0.15, 0.2) is 0 Å². The standard InChI is InChI=1S/C15H27F2NO/c1-12(2)18-9-7-14(3,8-10-18)19-13-5-4-6-15(16,17)11-13/h12-13H,4-11H2,1-3H3/t13-/m0/s1. The molecule has 1 heterocycles. The average Bonchev–Trinajstić information content (AvgIpc) is 2.27. The minimum Gasteiger partial charge on any atom is -0.372 e. The number of halogens is 2. The van der Waals surface area contributed by atoms with E-state index in [9.17, 15) is 8.78 Å². The Bertz CT molecular complexity index is 299. The zero-order valence-electron chi connectivity index (χ0n) is 12.4. The average molecular weight is 275 g/mol. The van der Waals surface area contributed by atoms with Crippen molar-refractivity contribution in [2.45, 2.75) is 83.0 Å². The number of likely N-dealkylation sites (tertiary alicyclic amines) is 1. The van der Waals surface area contributed by atoms with Gasteiger partial charge < -0.3 is 9.64 Å². The second-order valence-corrected chi connectivity index (χ2v) is 6.77. The van der Waals surface area contributed by atoms with Crippen molar-refractivity contribution >= 4 is 0 Å². The molecule has 0 N–H and O–H groups in total. The molecule has 4 heteroatoms. The zero-order valence-corrected chi connectivity index (χ0v) is 12.4. The Morgan fingerprint density at radius 2 is 1.79 bits per heavy atom. The van der Waals surface area contributed by atoms with Gasteiger partial charge in [-0.05, 0) is 46.5 Å². The van der Waals surface area contributed by atoms with Crippen molar-refractivity contribution in [2.24, 2.45) is 0 Å². The number of hydrogen-bond acceptors (Lipinski definition) is 2. The van der Waals surface area contributed by atoms with Crippen LogP contribution in [0.4, 0.5) is 8.78 Å². The van der Waals surface area contributed by atoms with Crippen LogP contribution in [0.25, 0.3) is 0 Å². The zero-order chi connectivity index (χ0) is 14.1. The molecule has 1 saturated carbocycles. The van der Waals surface area contributed by atoms with Crippen LogP contribution in [0.1, 0.15) is 59.3 Å². The Balaban J connectivity index is 1.85. The number of alkyl halides is 2. The third-order valence-electron chi connectivity index (χ3n) is 4.63. The lowest BCUT2D eigenvalue weighted by Crippen LogP contribution is -2.48. The highest BCUT2D eigenvalue weighted by molar-refractivity contribution is 4.88. The van der Waals surface area contributed by atoms with Crippen LogP contribution in [-0.2, 0) is 4.74 Å². The van der Waals surface area contributed by atoms with E-state index in [1.807, 2.05) is 0 Å². The van der Waals surface area contributed by atoms with Crippen LogP contribution in [0, 0.1) is 0 Å². The minimum absolute atomic E-state index is 0.0324. The summed E-state index contributed by atoms with van der Waals surface area (Å²) in [4.78, 5) is 2.43. The van der Waals surface area contributed by atoms with E-state index in [4.69, 9.17) is 4.74 Å². The summed E-state index contributed by atoms with van der Waals surface area (Å²) < 4.78 is 32.9. The van der Waals surface area contributed by atoms with E-state index < -0.39 is 5.92 Å². The lowest BCUT2D eigenvalue weighted by atomic mass is 9.89. The molecule has 1 aliphatic heterocycles. The summed E-state index contributed by atoms with van der Waals surface area (Å²) in [6, 6.07) is 0.559. The summed E-state index contributed by atoms with van der Waals surface area (Å²) in [5.74, 6) is -2.52. The number of piperidine rings is 1. The SMILES string of the molecule is CC(C)N1CCC(C)(O[C@H]2CCCC(F)(F)C2)CC1. The summed E-state index contributed by atoms with van der Waals surface area (Å²) in [7, 11) is 0. The number of ether oxygens (including phenoxy) is 1. The summed E-state index contributed by atoms with van der Waals surface area (Å²) in [5.41, 5.74) is -0.205. The van der Waals surface area contributed by atoms with E-state index in [-0.39, 0.29) is 24.5 Å². The highest BCUT2D eigenvalue weighted by atomic mass is 19.3. The van der Waals surface area contributed by atoms with Crippen LogP contribution in [0.5, 0.6) is 0 Å². The lowest BCUT2D eigenvalue weighted by molar-refractivity contribution is -0.161. The maximum atomic E-state index is 13.4. The molecule has 1 aliphatic carbocycles. The van der Waals surface area contributed by atoms with E-state index in [1.54, 1.807) is 0 Å². The molecule has 2 aliphatic rings. The van der Waals surface area contributed by atoms with E-state index in [0.717, 1.165) is 32.4 Å². The fourth-order valence-electron chi connectivity index (χ4n) is 3.26. The van der Waals surface area contributed by atoms with Gasteiger partial charge in [0.15, 0.2) is 0 Å². The fraction of sp³-hybridized carbons (Fsp3) is 1.00. The van der Waals surface area contributed by atoms with Gasteiger partial charge in [0.05, 0.1) is 11.7 Å². The van der Waals surface area contributed by atoms with Gasteiger partial charge in [-0.15, -0.1) is 0 Å². The van der Waals surface area contributed by atoms with Crippen molar-refractivity contribution in [1.29, 1.82) is 0 Å². The summed E-state index contributed by atoms with van der Waals surface area (Å²) in [6.45, 7) is 8.52. The van der Waals surface area contributed by atoms with Gasteiger partial charge in [-0.2, -0.15) is 0 Å². The van der Waals surface area contributed by atoms with Gasteiger partial charge in [0.1, 0.15) is 0 Å². The molecule has 1 atom stereocenters. The van der Waals surface area contributed by atoms with E-state index >= 15 is 0 Å². The van der Waals surface area contributed by atoms with Crippen molar-refractivity contribution in [3.8, 4) is 0 Å². The van der Waals surface area contributed by atoms with Crippen molar-refractivity contribution < 1.29 is 13.5 Å². The molecule has 112 valence electrons. The van der Waals surface area contributed by atoms with Gasteiger partial charge in [-0.1, -0.05) is 0 Å². The highest BCUT2D eigenvalue weighted by Crippen LogP contribution is 2.38. The van der Waals surface area contributed by atoms with Crippen molar-refractivity contribution in [1.82, 2.24) is 4.90 Å². The molecule has 0 radical (unpaired) electrons. The third kappa shape index (κ3) is 4.12. The molecule has 0 aromatic rings. The Hall–Kier alpha value is -0.220. The van der Waals surface area contributed by atoms with Crippen LogP contribution in [0.3, 0.4) is 0 Å². The Labute approximate surface area is 115 Å². The molecule has 2 rings (SSSR count). The molecule has 2 nitrogen and oxygen atoms in total. The largest absolute Gasteiger partial charge is 0.372 e. The second-order valence-electron chi connectivity index (χ2n) is 6.77. The van der Waals surface area contributed by atoms with E-state index in [1.165, 1.54) is 0 Å².